The summed E-state index contributed by atoms with van der Waals surface area (Å²) in [4.78, 5) is 0. The second-order valence-corrected chi connectivity index (χ2v) is 4.38. The first kappa shape index (κ1) is 12.0. The zero-order valence-electron chi connectivity index (χ0n) is 9.38. The third-order valence-electron chi connectivity index (χ3n) is 3.26. The molecule has 1 aliphatic heterocycles. The van der Waals surface area contributed by atoms with Crippen LogP contribution in [-0.2, 0) is 11.2 Å². The van der Waals surface area contributed by atoms with Crippen molar-refractivity contribution < 1.29 is 13.5 Å². The SMILES string of the molecule is N#CC1(Cc2c(F)cccc2F)CCOCC1. The molecule has 0 atom stereocenters. The van der Waals surface area contributed by atoms with Crippen molar-refractivity contribution in [1.82, 2.24) is 0 Å². The Balaban J connectivity index is 2.27. The first-order valence-electron chi connectivity index (χ1n) is 5.59. The predicted molar refractivity (Wildman–Crippen MR) is 58.2 cm³/mol. The van der Waals surface area contributed by atoms with Gasteiger partial charge in [0.15, 0.2) is 0 Å². The van der Waals surface area contributed by atoms with Gasteiger partial charge in [0.1, 0.15) is 11.6 Å². The van der Waals surface area contributed by atoms with E-state index < -0.39 is 17.0 Å². The van der Waals surface area contributed by atoms with E-state index in [0.29, 0.717) is 26.1 Å². The van der Waals surface area contributed by atoms with Gasteiger partial charge in [-0.15, -0.1) is 0 Å². The zero-order valence-corrected chi connectivity index (χ0v) is 9.38. The third-order valence-corrected chi connectivity index (χ3v) is 3.26. The maximum Gasteiger partial charge on any atom is 0.129 e. The molecule has 1 aromatic carbocycles. The van der Waals surface area contributed by atoms with Crippen LogP contribution < -0.4 is 0 Å². The van der Waals surface area contributed by atoms with Gasteiger partial charge in [0.2, 0.25) is 0 Å². The molecule has 0 aromatic heterocycles. The Morgan fingerprint density at radius 2 is 1.82 bits per heavy atom. The molecule has 0 N–H and O–H groups in total. The molecule has 0 radical (unpaired) electrons. The van der Waals surface area contributed by atoms with Gasteiger partial charge in [0.25, 0.3) is 0 Å². The Bertz CT molecular complexity index is 427. The molecule has 1 heterocycles. The van der Waals surface area contributed by atoms with Crippen molar-refractivity contribution in [3.8, 4) is 6.07 Å². The maximum atomic E-state index is 13.5. The van der Waals surface area contributed by atoms with Gasteiger partial charge >= 0.3 is 0 Å². The fraction of sp³-hybridized carbons (Fsp3) is 0.462. The van der Waals surface area contributed by atoms with E-state index in [9.17, 15) is 14.0 Å². The van der Waals surface area contributed by atoms with Crippen LogP contribution in [0.4, 0.5) is 8.78 Å². The van der Waals surface area contributed by atoms with Crippen LogP contribution in [0.2, 0.25) is 0 Å². The second kappa shape index (κ2) is 4.80. The maximum absolute atomic E-state index is 13.5. The van der Waals surface area contributed by atoms with E-state index in [4.69, 9.17) is 4.74 Å². The number of ether oxygens (including phenoxy) is 1. The van der Waals surface area contributed by atoms with E-state index in [2.05, 4.69) is 6.07 Å². The first-order chi connectivity index (χ1) is 8.17. The topological polar surface area (TPSA) is 33.0 Å². The Morgan fingerprint density at radius 3 is 2.35 bits per heavy atom. The van der Waals surface area contributed by atoms with Crippen molar-refractivity contribution in [3.63, 3.8) is 0 Å². The first-order valence-corrected chi connectivity index (χ1v) is 5.59. The summed E-state index contributed by atoms with van der Waals surface area (Å²) >= 11 is 0. The van der Waals surface area contributed by atoms with E-state index in [1.54, 1.807) is 0 Å². The van der Waals surface area contributed by atoms with Crippen LogP contribution in [0.5, 0.6) is 0 Å². The zero-order chi connectivity index (χ0) is 12.3. The monoisotopic (exact) mass is 237 g/mol. The minimum absolute atomic E-state index is 0.0101. The smallest absolute Gasteiger partial charge is 0.129 e. The van der Waals surface area contributed by atoms with Crippen molar-refractivity contribution in [2.24, 2.45) is 5.41 Å². The van der Waals surface area contributed by atoms with Gasteiger partial charge in [-0.2, -0.15) is 5.26 Å². The minimum atomic E-state index is -0.693. The lowest BCUT2D eigenvalue weighted by atomic mass is 9.76. The molecule has 1 fully saturated rings. The van der Waals surface area contributed by atoms with Gasteiger partial charge in [-0.25, -0.2) is 8.78 Å². The summed E-state index contributed by atoms with van der Waals surface area (Å²) in [6.45, 7) is 0.952. The largest absolute Gasteiger partial charge is 0.381 e. The van der Waals surface area contributed by atoms with Crippen LogP contribution in [0.1, 0.15) is 18.4 Å². The molecule has 1 aromatic rings. The van der Waals surface area contributed by atoms with Crippen LogP contribution in [0, 0.1) is 28.4 Å². The van der Waals surface area contributed by atoms with Crippen LogP contribution in [0.3, 0.4) is 0 Å². The summed E-state index contributed by atoms with van der Waals surface area (Å²) in [6.07, 6.45) is 1.17. The number of hydrogen-bond donors (Lipinski definition) is 0. The molecule has 0 saturated carbocycles. The highest BCUT2D eigenvalue weighted by molar-refractivity contribution is 5.23. The fourth-order valence-electron chi connectivity index (χ4n) is 2.13. The molecule has 2 rings (SSSR count). The Labute approximate surface area is 98.8 Å². The van der Waals surface area contributed by atoms with Crippen LogP contribution in [-0.4, -0.2) is 13.2 Å². The quantitative estimate of drug-likeness (QED) is 0.792. The summed E-state index contributed by atoms with van der Waals surface area (Å²) in [6, 6.07) is 5.99. The van der Waals surface area contributed by atoms with Crippen molar-refractivity contribution in [3.05, 3.63) is 35.4 Å². The Morgan fingerprint density at radius 1 is 1.24 bits per heavy atom. The van der Waals surface area contributed by atoms with Gasteiger partial charge in [0.05, 0.1) is 11.5 Å². The number of hydrogen-bond acceptors (Lipinski definition) is 2. The summed E-state index contributed by atoms with van der Waals surface area (Å²) in [5.74, 6) is -1.16. The van der Waals surface area contributed by atoms with Gasteiger partial charge in [-0.3, -0.25) is 0 Å². The van der Waals surface area contributed by atoms with Crippen molar-refractivity contribution in [1.29, 1.82) is 5.26 Å². The predicted octanol–water partition coefficient (Wildman–Crippen LogP) is 2.83. The highest BCUT2D eigenvalue weighted by Gasteiger charge is 2.34. The molecule has 90 valence electrons. The molecule has 0 amide bonds. The molecule has 1 saturated heterocycles. The molecule has 2 nitrogen and oxygen atoms in total. The molecule has 0 aliphatic carbocycles. The highest BCUT2D eigenvalue weighted by atomic mass is 19.1. The Kier molecular flexibility index (Phi) is 3.39. The average molecular weight is 237 g/mol. The molecule has 17 heavy (non-hydrogen) atoms. The normalized spacial score (nSPS) is 18.6. The number of nitrogens with zero attached hydrogens (tertiary/aromatic N) is 1. The lowest BCUT2D eigenvalue weighted by Crippen LogP contribution is -2.31. The standard InChI is InChI=1S/C13H13F2NO/c14-11-2-1-3-12(15)10(11)8-13(9-16)4-6-17-7-5-13/h1-3H,4-8H2. The van der Waals surface area contributed by atoms with Gasteiger partial charge in [-0.05, 0) is 31.4 Å². The molecule has 1 aliphatic rings. The van der Waals surface area contributed by atoms with Gasteiger partial charge in [-0.1, -0.05) is 6.07 Å². The lowest BCUT2D eigenvalue weighted by molar-refractivity contribution is 0.0399. The van der Waals surface area contributed by atoms with Gasteiger partial charge < -0.3 is 4.74 Å². The second-order valence-electron chi connectivity index (χ2n) is 4.38. The van der Waals surface area contributed by atoms with Gasteiger partial charge in [0, 0.05) is 18.8 Å². The third kappa shape index (κ3) is 2.45. The van der Waals surface area contributed by atoms with Crippen LogP contribution in [0.15, 0.2) is 18.2 Å². The number of rotatable bonds is 2. The Hall–Kier alpha value is -1.47. The summed E-state index contributed by atoms with van der Waals surface area (Å²) in [5.41, 5.74) is -0.683. The van der Waals surface area contributed by atoms with E-state index >= 15 is 0 Å². The molecular formula is C13H13F2NO. The number of halogens is 2. The van der Waals surface area contributed by atoms with Crippen molar-refractivity contribution in [2.75, 3.05) is 13.2 Å². The number of nitriles is 1. The van der Waals surface area contributed by atoms with Crippen LogP contribution in [0.25, 0.3) is 0 Å². The van der Waals surface area contributed by atoms with Crippen LogP contribution >= 0.6 is 0 Å². The van der Waals surface area contributed by atoms with Crippen molar-refractivity contribution in [2.45, 2.75) is 19.3 Å². The summed E-state index contributed by atoms with van der Waals surface area (Å²) in [7, 11) is 0. The van der Waals surface area contributed by atoms with Crippen molar-refractivity contribution >= 4 is 0 Å². The molecule has 0 bridgehead atoms. The van der Waals surface area contributed by atoms with E-state index in [-0.39, 0.29) is 12.0 Å². The summed E-state index contributed by atoms with van der Waals surface area (Å²) < 4.78 is 32.2. The average Bonchev–Trinajstić information content (AvgIpc) is 2.35. The molecular weight excluding hydrogens is 224 g/mol. The van der Waals surface area contributed by atoms with E-state index in [1.165, 1.54) is 18.2 Å². The summed E-state index contributed by atoms with van der Waals surface area (Å²) in [5, 5.41) is 9.23. The number of benzene rings is 1. The molecule has 0 unspecified atom stereocenters. The minimum Gasteiger partial charge on any atom is -0.381 e. The lowest BCUT2D eigenvalue weighted by Gasteiger charge is -2.30. The molecule has 4 heteroatoms. The van der Waals surface area contributed by atoms with E-state index in [1.807, 2.05) is 0 Å². The molecule has 0 spiro atoms. The van der Waals surface area contributed by atoms with E-state index in [0.717, 1.165) is 0 Å². The highest BCUT2D eigenvalue weighted by Crippen LogP contribution is 2.34. The fourth-order valence-corrected chi connectivity index (χ4v) is 2.13.